The Morgan fingerprint density at radius 2 is 1.69 bits per heavy atom. The van der Waals surface area contributed by atoms with Crippen LogP contribution in [0, 0.1) is 0 Å². The molecule has 4 aromatic rings. The van der Waals surface area contributed by atoms with Crippen LogP contribution >= 0.6 is 23.1 Å². The van der Waals surface area contributed by atoms with E-state index in [0.29, 0.717) is 39.6 Å². The van der Waals surface area contributed by atoms with Crippen LogP contribution in [0.15, 0.2) is 46.9 Å². The van der Waals surface area contributed by atoms with Gasteiger partial charge in [-0.25, -0.2) is 4.98 Å². The zero-order valence-corrected chi connectivity index (χ0v) is 19.6. The average molecular weight is 472 g/mol. The maximum Gasteiger partial charge on any atom is 0.214 e. The largest absolute Gasteiger partial charge is 0.497 e. The van der Waals surface area contributed by atoms with Gasteiger partial charge in [0, 0.05) is 22.8 Å². The zero-order valence-electron chi connectivity index (χ0n) is 17.9. The van der Waals surface area contributed by atoms with Crippen molar-refractivity contribution >= 4 is 23.1 Å². The zero-order chi connectivity index (χ0) is 22.5. The molecule has 166 valence electrons. The maximum atomic E-state index is 5.46. The van der Waals surface area contributed by atoms with Crippen molar-refractivity contribution in [1.29, 1.82) is 0 Å². The summed E-state index contributed by atoms with van der Waals surface area (Å²) >= 11 is 3.05. The Bertz CT molecular complexity index is 1210. The second-order valence-electron chi connectivity index (χ2n) is 6.41. The van der Waals surface area contributed by atoms with Gasteiger partial charge in [-0.1, -0.05) is 11.8 Å². The molecule has 2 heterocycles. The highest BCUT2D eigenvalue weighted by Crippen LogP contribution is 2.35. The lowest BCUT2D eigenvalue weighted by Crippen LogP contribution is -2.02. The number of tetrazole rings is 1. The lowest BCUT2D eigenvalue weighted by Gasteiger charge is -2.10. The first-order valence-electron chi connectivity index (χ1n) is 9.47. The molecule has 0 aliphatic rings. The molecule has 9 nitrogen and oxygen atoms in total. The Hall–Kier alpha value is -3.31. The minimum absolute atomic E-state index is 0.608. The van der Waals surface area contributed by atoms with E-state index in [1.165, 1.54) is 11.8 Å². The van der Waals surface area contributed by atoms with Crippen molar-refractivity contribution in [3.63, 3.8) is 0 Å². The number of rotatable bonds is 9. The summed E-state index contributed by atoms with van der Waals surface area (Å²) in [5, 5.41) is 15.7. The minimum atomic E-state index is 0.608. The molecule has 32 heavy (non-hydrogen) atoms. The summed E-state index contributed by atoms with van der Waals surface area (Å²) in [6, 6.07) is 11.2. The van der Waals surface area contributed by atoms with E-state index in [1.807, 2.05) is 41.8 Å². The quantitative estimate of drug-likeness (QED) is 0.334. The van der Waals surface area contributed by atoms with Crippen LogP contribution in [0.25, 0.3) is 16.3 Å². The number of methoxy groups -OCH3 is 4. The number of thiazole rings is 1. The highest BCUT2D eigenvalue weighted by Gasteiger charge is 2.16. The van der Waals surface area contributed by atoms with Crippen LogP contribution in [0.5, 0.6) is 23.0 Å². The molecular formula is C21H21N5O4S2. The molecule has 0 aliphatic carbocycles. The highest BCUT2D eigenvalue weighted by molar-refractivity contribution is 7.98. The molecule has 0 aliphatic heterocycles. The Balaban J connectivity index is 1.53. The monoisotopic (exact) mass is 471 g/mol. The molecule has 11 heteroatoms. The van der Waals surface area contributed by atoms with Crippen molar-refractivity contribution in [3.05, 3.63) is 47.5 Å². The van der Waals surface area contributed by atoms with Crippen molar-refractivity contribution in [1.82, 2.24) is 25.2 Å². The van der Waals surface area contributed by atoms with E-state index in [0.717, 1.165) is 16.3 Å². The molecule has 0 radical (unpaired) electrons. The Morgan fingerprint density at radius 3 is 2.44 bits per heavy atom. The number of aromatic nitrogens is 5. The van der Waals surface area contributed by atoms with Gasteiger partial charge in [0.1, 0.15) is 22.2 Å². The van der Waals surface area contributed by atoms with Gasteiger partial charge in [0.15, 0.2) is 11.5 Å². The smallest absolute Gasteiger partial charge is 0.214 e. The van der Waals surface area contributed by atoms with Crippen molar-refractivity contribution in [2.24, 2.45) is 0 Å². The molecule has 0 saturated carbocycles. The first-order chi connectivity index (χ1) is 15.7. The molecule has 2 aromatic carbocycles. The Kier molecular flexibility index (Phi) is 6.76. The molecule has 0 amide bonds. The molecule has 0 unspecified atom stereocenters. The van der Waals surface area contributed by atoms with E-state index >= 15 is 0 Å². The number of thioether (sulfide) groups is 1. The SMILES string of the molecule is COc1ccc(OC)c(-n2nnnc2SCc2csc(-c3ccc(OC)c(OC)c3)n2)c1. The molecule has 0 saturated heterocycles. The molecule has 0 bridgehead atoms. The van der Waals surface area contributed by atoms with E-state index in [4.69, 9.17) is 23.9 Å². The van der Waals surface area contributed by atoms with Crippen molar-refractivity contribution < 1.29 is 18.9 Å². The Labute approximate surface area is 193 Å². The molecule has 0 N–H and O–H groups in total. The summed E-state index contributed by atoms with van der Waals surface area (Å²) in [5.41, 5.74) is 2.59. The van der Waals surface area contributed by atoms with Gasteiger partial charge < -0.3 is 18.9 Å². The second kappa shape index (κ2) is 9.88. The molecule has 0 spiro atoms. The van der Waals surface area contributed by atoms with Crippen LogP contribution in [-0.2, 0) is 5.75 Å². The summed E-state index contributed by atoms with van der Waals surface area (Å²) in [6.07, 6.45) is 0. The van der Waals surface area contributed by atoms with E-state index < -0.39 is 0 Å². The summed E-state index contributed by atoms with van der Waals surface area (Å²) in [7, 11) is 6.45. The summed E-state index contributed by atoms with van der Waals surface area (Å²) < 4.78 is 23.1. The first-order valence-corrected chi connectivity index (χ1v) is 11.3. The van der Waals surface area contributed by atoms with Gasteiger partial charge in [0.05, 0.1) is 34.1 Å². The van der Waals surface area contributed by atoms with Crippen LogP contribution < -0.4 is 18.9 Å². The van der Waals surface area contributed by atoms with Crippen molar-refractivity contribution in [2.45, 2.75) is 10.9 Å². The lowest BCUT2D eigenvalue weighted by molar-refractivity contribution is 0.355. The minimum Gasteiger partial charge on any atom is -0.497 e. The van der Waals surface area contributed by atoms with Crippen molar-refractivity contribution in [2.75, 3.05) is 28.4 Å². The number of ether oxygens (including phenoxy) is 4. The average Bonchev–Trinajstić information content (AvgIpc) is 3.51. The number of hydrogen-bond acceptors (Lipinski definition) is 10. The van der Waals surface area contributed by atoms with Crippen LogP contribution in [0.3, 0.4) is 0 Å². The third kappa shape index (κ3) is 4.48. The Morgan fingerprint density at radius 1 is 0.906 bits per heavy atom. The number of hydrogen-bond donors (Lipinski definition) is 0. The molecule has 0 atom stereocenters. The van der Waals surface area contributed by atoms with Gasteiger partial charge in [0.25, 0.3) is 0 Å². The molecule has 4 rings (SSSR count). The van der Waals surface area contributed by atoms with E-state index in [2.05, 4.69) is 15.5 Å². The predicted octanol–water partition coefficient (Wildman–Crippen LogP) is 4.11. The molecule has 2 aromatic heterocycles. The van der Waals surface area contributed by atoms with Gasteiger partial charge in [-0.15, -0.1) is 16.4 Å². The fourth-order valence-corrected chi connectivity index (χ4v) is 4.69. The summed E-state index contributed by atoms with van der Waals surface area (Å²) in [6.45, 7) is 0. The standard InChI is InChI=1S/C21H21N5O4S2/c1-27-15-6-8-17(28-2)16(10-15)26-21(23-24-25-26)32-12-14-11-31-20(22-14)13-5-7-18(29-3)19(9-13)30-4/h5-11H,12H2,1-4H3. The van der Waals surface area contributed by atoms with E-state index in [1.54, 1.807) is 44.5 Å². The number of nitrogens with zero attached hydrogens (tertiary/aromatic N) is 5. The normalized spacial score (nSPS) is 10.8. The maximum absolute atomic E-state index is 5.46. The van der Waals surface area contributed by atoms with Gasteiger partial charge in [-0.3, -0.25) is 0 Å². The van der Waals surface area contributed by atoms with Gasteiger partial charge in [0.2, 0.25) is 5.16 Å². The summed E-state index contributed by atoms with van der Waals surface area (Å²) in [5.74, 6) is 3.29. The fraction of sp³-hybridized carbons (Fsp3) is 0.238. The first kappa shape index (κ1) is 21.9. The van der Waals surface area contributed by atoms with E-state index in [9.17, 15) is 0 Å². The van der Waals surface area contributed by atoms with Gasteiger partial charge in [-0.05, 0) is 40.8 Å². The van der Waals surface area contributed by atoms with Crippen molar-refractivity contribution in [3.8, 4) is 39.3 Å². The van der Waals surface area contributed by atoms with Crippen LogP contribution in [0.2, 0.25) is 0 Å². The van der Waals surface area contributed by atoms with Gasteiger partial charge in [-0.2, -0.15) is 4.68 Å². The van der Waals surface area contributed by atoms with Crippen LogP contribution in [0.1, 0.15) is 5.69 Å². The van der Waals surface area contributed by atoms with Crippen LogP contribution in [-0.4, -0.2) is 53.6 Å². The summed E-state index contributed by atoms with van der Waals surface area (Å²) in [4.78, 5) is 4.75. The fourth-order valence-electron chi connectivity index (χ4n) is 3.00. The third-order valence-corrected chi connectivity index (χ3v) is 6.48. The van der Waals surface area contributed by atoms with Gasteiger partial charge >= 0.3 is 0 Å². The molecular weight excluding hydrogens is 450 g/mol. The highest BCUT2D eigenvalue weighted by atomic mass is 32.2. The van der Waals surface area contributed by atoms with E-state index in [-0.39, 0.29) is 0 Å². The predicted molar refractivity (Wildman–Crippen MR) is 122 cm³/mol. The lowest BCUT2D eigenvalue weighted by atomic mass is 10.2. The van der Waals surface area contributed by atoms with Crippen LogP contribution in [0.4, 0.5) is 0 Å². The molecule has 0 fully saturated rings. The second-order valence-corrected chi connectivity index (χ2v) is 8.21. The number of benzene rings is 2. The topological polar surface area (TPSA) is 93.4 Å². The third-order valence-electron chi connectivity index (χ3n) is 4.59.